The molecule has 0 bridgehead atoms. The number of amides is 1. The third-order valence-corrected chi connectivity index (χ3v) is 5.10. The number of aryl methyl sites for hydroxylation is 1. The molecule has 0 aliphatic rings. The number of carbonyl (C=O) groups excluding carboxylic acids is 3. The molecule has 1 N–H and O–H groups in total. The molecule has 168 valence electrons. The fourth-order valence-corrected chi connectivity index (χ4v) is 3.37. The van der Waals surface area contributed by atoms with Gasteiger partial charge in [0.15, 0.2) is 12.4 Å². The van der Waals surface area contributed by atoms with E-state index in [9.17, 15) is 19.6 Å². The summed E-state index contributed by atoms with van der Waals surface area (Å²) in [6.07, 6.45) is 3.13. The fraction of sp³-hybridized carbons (Fsp3) is 0.360. The number of nitrogens with zero attached hydrogens (tertiary/aromatic N) is 2. The number of ether oxygens (including phenoxy) is 1. The number of carbonyl (C=O) groups is 3. The van der Waals surface area contributed by atoms with Crippen LogP contribution in [0.3, 0.4) is 0 Å². The van der Waals surface area contributed by atoms with Gasteiger partial charge in [0.05, 0.1) is 0 Å². The number of esters is 1. The largest absolute Gasteiger partial charge is 0.453 e. The van der Waals surface area contributed by atoms with Gasteiger partial charge < -0.3 is 14.6 Å². The van der Waals surface area contributed by atoms with Gasteiger partial charge >= 0.3 is 5.97 Å². The number of ketones is 1. The summed E-state index contributed by atoms with van der Waals surface area (Å²) in [5.74, 6) is -1.27. The van der Waals surface area contributed by atoms with Gasteiger partial charge in [-0.05, 0) is 50.0 Å². The molecule has 32 heavy (non-hydrogen) atoms. The van der Waals surface area contributed by atoms with E-state index in [0.29, 0.717) is 18.5 Å². The molecule has 0 saturated carbocycles. The summed E-state index contributed by atoms with van der Waals surface area (Å²) in [5, 5.41) is 12.1. The summed E-state index contributed by atoms with van der Waals surface area (Å²) >= 11 is 0. The number of rotatable bonds is 10. The van der Waals surface area contributed by atoms with Crippen molar-refractivity contribution in [2.24, 2.45) is 0 Å². The first-order chi connectivity index (χ1) is 15.3. The monoisotopic (exact) mass is 435 g/mol. The van der Waals surface area contributed by atoms with Crippen LogP contribution in [0.2, 0.25) is 0 Å². The van der Waals surface area contributed by atoms with Crippen molar-refractivity contribution in [2.75, 3.05) is 13.2 Å². The van der Waals surface area contributed by atoms with Gasteiger partial charge in [-0.15, -0.1) is 0 Å². The Morgan fingerprint density at radius 1 is 1.19 bits per heavy atom. The summed E-state index contributed by atoms with van der Waals surface area (Å²) in [6, 6.07) is 10.7. The van der Waals surface area contributed by atoms with Crippen molar-refractivity contribution in [2.45, 2.75) is 47.1 Å². The molecule has 7 nitrogen and oxygen atoms in total. The van der Waals surface area contributed by atoms with Crippen LogP contribution in [0.1, 0.15) is 53.1 Å². The van der Waals surface area contributed by atoms with E-state index in [1.807, 2.05) is 26.0 Å². The normalized spacial score (nSPS) is 11.0. The average Bonchev–Trinajstić information content (AvgIpc) is 3.03. The number of hydrogen-bond acceptors (Lipinski definition) is 5. The standard InChI is InChI=1S/C25H29N3O4/c1-5-12-28-17(2)13-22(18(28)3)14-23(15-26)25(31)32-16-24(30)21-8-6-20(7-9-21)10-11-27-19(4)29/h6-9,13-14H,5,10-12,16H2,1-4H3,(H,27,29). The molecule has 1 aromatic carbocycles. The number of aromatic nitrogens is 1. The fourth-order valence-electron chi connectivity index (χ4n) is 3.37. The molecule has 0 fully saturated rings. The van der Waals surface area contributed by atoms with Crippen LogP contribution in [0, 0.1) is 25.2 Å². The maximum atomic E-state index is 12.4. The van der Waals surface area contributed by atoms with Crippen LogP contribution in [-0.4, -0.2) is 35.4 Å². The van der Waals surface area contributed by atoms with Crippen molar-refractivity contribution in [1.29, 1.82) is 5.26 Å². The lowest BCUT2D eigenvalue weighted by Gasteiger charge is -2.07. The van der Waals surface area contributed by atoms with Crippen LogP contribution in [0.4, 0.5) is 0 Å². The van der Waals surface area contributed by atoms with Crippen molar-refractivity contribution in [3.63, 3.8) is 0 Å². The minimum Gasteiger partial charge on any atom is -0.453 e. The Kier molecular flexibility index (Phi) is 8.96. The van der Waals surface area contributed by atoms with Crippen molar-refractivity contribution >= 4 is 23.7 Å². The summed E-state index contributed by atoms with van der Waals surface area (Å²) < 4.78 is 7.23. The van der Waals surface area contributed by atoms with E-state index in [0.717, 1.165) is 35.5 Å². The van der Waals surface area contributed by atoms with Gasteiger partial charge in [-0.2, -0.15) is 5.26 Å². The van der Waals surface area contributed by atoms with Crippen LogP contribution in [0.15, 0.2) is 35.9 Å². The predicted octanol–water partition coefficient (Wildman–Crippen LogP) is 3.53. The van der Waals surface area contributed by atoms with E-state index in [4.69, 9.17) is 4.74 Å². The first-order valence-electron chi connectivity index (χ1n) is 10.6. The lowest BCUT2D eigenvalue weighted by molar-refractivity contribution is -0.137. The lowest BCUT2D eigenvalue weighted by Crippen LogP contribution is -2.22. The van der Waals surface area contributed by atoms with E-state index in [2.05, 4.69) is 16.8 Å². The van der Waals surface area contributed by atoms with E-state index in [-0.39, 0.29) is 17.3 Å². The van der Waals surface area contributed by atoms with Crippen LogP contribution in [0.5, 0.6) is 0 Å². The van der Waals surface area contributed by atoms with Gasteiger partial charge in [0.1, 0.15) is 11.6 Å². The third-order valence-electron chi connectivity index (χ3n) is 5.10. The minimum absolute atomic E-state index is 0.0896. The highest BCUT2D eigenvalue weighted by molar-refractivity contribution is 6.02. The molecule has 0 aliphatic carbocycles. The van der Waals surface area contributed by atoms with Gasteiger partial charge in [-0.1, -0.05) is 31.2 Å². The number of nitrogens with one attached hydrogen (secondary N) is 1. The molecule has 2 aromatic rings. The number of hydrogen-bond donors (Lipinski definition) is 1. The molecule has 0 atom stereocenters. The molecule has 1 aromatic heterocycles. The quantitative estimate of drug-likeness (QED) is 0.266. The summed E-state index contributed by atoms with van der Waals surface area (Å²) in [7, 11) is 0. The van der Waals surface area contributed by atoms with Crippen molar-refractivity contribution in [3.05, 3.63) is 64.0 Å². The Morgan fingerprint density at radius 2 is 1.88 bits per heavy atom. The highest BCUT2D eigenvalue weighted by atomic mass is 16.5. The molecule has 7 heteroatoms. The second-order valence-corrected chi connectivity index (χ2v) is 7.58. The van der Waals surface area contributed by atoms with E-state index >= 15 is 0 Å². The Labute approximate surface area is 188 Å². The highest BCUT2D eigenvalue weighted by Gasteiger charge is 2.16. The van der Waals surface area contributed by atoms with Gasteiger partial charge in [-0.3, -0.25) is 9.59 Å². The first kappa shape index (κ1) is 24.6. The van der Waals surface area contributed by atoms with Crippen molar-refractivity contribution < 1.29 is 19.1 Å². The molecule has 1 amide bonds. The van der Waals surface area contributed by atoms with Crippen molar-refractivity contribution in [1.82, 2.24) is 9.88 Å². The summed E-state index contributed by atoms with van der Waals surface area (Å²) in [4.78, 5) is 35.6. The number of Topliss-reactive ketones (excluding diaryl/α,β-unsaturated/α-hetero) is 1. The topological polar surface area (TPSA) is 101 Å². The summed E-state index contributed by atoms with van der Waals surface area (Å²) in [6.45, 7) is 8.40. The van der Waals surface area contributed by atoms with Gasteiger partial charge in [0, 0.05) is 37.0 Å². The van der Waals surface area contributed by atoms with Gasteiger partial charge in [0.25, 0.3) is 0 Å². The summed E-state index contributed by atoms with van der Waals surface area (Å²) in [5.41, 5.74) is 4.04. The third kappa shape index (κ3) is 6.67. The van der Waals surface area contributed by atoms with Crippen LogP contribution in [-0.2, 0) is 27.3 Å². The van der Waals surface area contributed by atoms with Crippen molar-refractivity contribution in [3.8, 4) is 6.07 Å². The maximum Gasteiger partial charge on any atom is 0.349 e. The first-order valence-corrected chi connectivity index (χ1v) is 10.6. The zero-order valence-electron chi connectivity index (χ0n) is 19.0. The molecule has 0 unspecified atom stereocenters. The zero-order valence-corrected chi connectivity index (χ0v) is 19.0. The molecular weight excluding hydrogens is 406 g/mol. The Balaban J connectivity index is 1.99. The van der Waals surface area contributed by atoms with Crippen LogP contribution >= 0.6 is 0 Å². The molecule has 0 spiro atoms. The number of benzene rings is 1. The molecule has 2 rings (SSSR count). The minimum atomic E-state index is -0.826. The second kappa shape index (κ2) is 11.7. The second-order valence-electron chi connectivity index (χ2n) is 7.58. The van der Waals surface area contributed by atoms with Gasteiger partial charge in [-0.25, -0.2) is 4.79 Å². The predicted molar refractivity (Wildman–Crippen MR) is 122 cm³/mol. The maximum absolute atomic E-state index is 12.4. The van der Waals surface area contributed by atoms with E-state index < -0.39 is 12.6 Å². The Bertz CT molecular complexity index is 1060. The lowest BCUT2D eigenvalue weighted by atomic mass is 10.1. The molecular formula is C25H29N3O4. The van der Waals surface area contributed by atoms with E-state index in [1.165, 1.54) is 13.0 Å². The molecule has 0 radical (unpaired) electrons. The Hall–Kier alpha value is -3.66. The number of nitriles is 1. The Morgan fingerprint density at radius 3 is 2.47 bits per heavy atom. The SMILES string of the molecule is CCCn1c(C)cc(C=C(C#N)C(=O)OCC(=O)c2ccc(CCNC(C)=O)cc2)c1C. The smallest absolute Gasteiger partial charge is 0.349 e. The molecule has 1 heterocycles. The van der Waals surface area contributed by atoms with Crippen LogP contribution in [0.25, 0.3) is 6.08 Å². The molecule has 0 saturated heterocycles. The van der Waals surface area contributed by atoms with E-state index in [1.54, 1.807) is 24.3 Å². The zero-order chi connectivity index (χ0) is 23.7. The van der Waals surface area contributed by atoms with Gasteiger partial charge in [0.2, 0.25) is 5.91 Å². The highest BCUT2D eigenvalue weighted by Crippen LogP contribution is 2.19. The average molecular weight is 436 g/mol. The van der Waals surface area contributed by atoms with Crippen LogP contribution < -0.4 is 5.32 Å². The molecule has 0 aliphatic heterocycles.